The fraction of sp³-hybridized carbons (Fsp3) is 0.417. The van der Waals surface area contributed by atoms with Gasteiger partial charge in [-0.05, 0) is 12.1 Å². The standard InChI is InChI=1S/C12H15N3O/c1-12(2,3)10-9-8(6-5-7-13-9)11(16)15(4)14-10/h5-7H,1-4H3. The number of rotatable bonds is 0. The number of fused-ring (bicyclic) bond motifs is 1. The first-order valence-corrected chi connectivity index (χ1v) is 5.24. The molecule has 0 saturated carbocycles. The lowest BCUT2D eigenvalue weighted by atomic mass is 9.90. The summed E-state index contributed by atoms with van der Waals surface area (Å²) < 4.78 is 1.38. The normalized spacial score (nSPS) is 12.0. The Kier molecular flexibility index (Phi) is 2.30. The highest BCUT2D eigenvalue weighted by atomic mass is 16.1. The molecule has 0 spiro atoms. The van der Waals surface area contributed by atoms with Gasteiger partial charge in [0, 0.05) is 18.7 Å². The van der Waals surface area contributed by atoms with Crippen LogP contribution in [0, 0.1) is 0 Å². The molecular weight excluding hydrogens is 202 g/mol. The number of aryl methyl sites for hydroxylation is 1. The van der Waals surface area contributed by atoms with Crippen LogP contribution >= 0.6 is 0 Å². The maximum absolute atomic E-state index is 11.9. The predicted octanol–water partition coefficient (Wildman–Crippen LogP) is 1.63. The molecule has 4 nitrogen and oxygen atoms in total. The van der Waals surface area contributed by atoms with Crippen molar-refractivity contribution in [2.75, 3.05) is 0 Å². The fourth-order valence-corrected chi connectivity index (χ4v) is 1.69. The zero-order valence-electron chi connectivity index (χ0n) is 9.98. The molecule has 0 aromatic carbocycles. The molecule has 2 aromatic heterocycles. The first kappa shape index (κ1) is 10.8. The van der Waals surface area contributed by atoms with Crippen LogP contribution in [0.5, 0.6) is 0 Å². The van der Waals surface area contributed by atoms with Crippen LogP contribution in [0.2, 0.25) is 0 Å². The van der Waals surface area contributed by atoms with Crippen molar-refractivity contribution in [3.8, 4) is 0 Å². The Balaban J connectivity index is 2.97. The topological polar surface area (TPSA) is 47.8 Å². The molecule has 0 radical (unpaired) electrons. The zero-order chi connectivity index (χ0) is 11.9. The summed E-state index contributed by atoms with van der Waals surface area (Å²) in [4.78, 5) is 16.1. The summed E-state index contributed by atoms with van der Waals surface area (Å²) in [6.07, 6.45) is 1.69. The summed E-state index contributed by atoms with van der Waals surface area (Å²) in [7, 11) is 1.67. The van der Waals surface area contributed by atoms with Crippen molar-refractivity contribution in [1.29, 1.82) is 0 Å². The van der Waals surface area contributed by atoms with Gasteiger partial charge in [0.1, 0.15) is 0 Å². The van der Waals surface area contributed by atoms with Crippen LogP contribution < -0.4 is 5.56 Å². The minimum atomic E-state index is -0.127. The Morgan fingerprint density at radius 3 is 2.62 bits per heavy atom. The van der Waals surface area contributed by atoms with Crippen LogP contribution in [0.15, 0.2) is 23.1 Å². The average Bonchev–Trinajstić information content (AvgIpc) is 2.22. The molecule has 4 heteroatoms. The molecule has 0 aliphatic rings. The van der Waals surface area contributed by atoms with Crippen LogP contribution in [-0.2, 0) is 12.5 Å². The van der Waals surface area contributed by atoms with Crippen molar-refractivity contribution in [1.82, 2.24) is 14.8 Å². The Labute approximate surface area is 93.9 Å². The lowest BCUT2D eigenvalue weighted by molar-refractivity contribution is 0.538. The Hall–Kier alpha value is -1.71. The Morgan fingerprint density at radius 1 is 1.31 bits per heavy atom. The highest BCUT2D eigenvalue weighted by molar-refractivity contribution is 5.79. The van der Waals surface area contributed by atoms with E-state index in [1.54, 1.807) is 25.4 Å². The van der Waals surface area contributed by atoms with E-state index in [0.717, 1.165) is 5.69 Å². The molecule has 0 N–H and O–H groups in total. The van der Waals surface area contributed by atoms with Gasteiger partial charge < -0.3 is 0 Å². The first-order chi connectivity index (χ1) is 7.41. The van der Waals surface area contributed by atoms with Crippen molar-refractivity contribution in [2.45, 2.75) is 26.2 Å². The molecule has 16 heavy (non-hydrogen) atoms. The molecule has 0 saturated heterocycles. The minimum absolute atomic E-state index is 0.101. The maximum Gasteiger partial charge on any atom is 0.275 e. The molecule has 2 aromatic rings. The molecule has 84 valence electrons. The lowest BCUT2D eigenvalue weighted by Crippen LogP contribution is -2.26. The summed E-state index contributed by atoms with van der Waals surface area (Å²) in [5, 5.41) is 4.94. The smallest absolute Gasteiger partial charge is 0.267 e. The summed E-state index contributed by atoms with van der Waals surface area (Å²) in [5.41, 5.74) is 1.33. The molecule has 0 atom stereocenters. The van der Waals surface area contributed by atoms with Crippen molar-refractivity contribution in [2.24, 2.45) is 7.05 Å². The zero-order valence-corrected chi connectivity index (χ0v) is 9.98. The third-order valence-electron chi connectivity index (χ3n) is 2.52. The van der Waals surface area contributed by atoms with Gasteiger partial charge in [-0.3, -0.25) is 9.78 Å². The van der Waals surface area contributed by atoms with Crippen LogP contribution in [0.4, 0.5) is 0 Å². The first-order valence-electron chi connectivity index (χ1n) is 5.24. The van der Waals surface area contributed by atoms with Crippen LogP contribution in [0.3, 0.4) is 0 Å². The molecule has 0 bridgehead atoms. The summed E-state index contributed by atoms with van der Waals surface area (Å²) >= 11 is 0. The molecule has 0 aliphatic carbocycles. The van der Waals surface area contributed by atoms with E-state index in [1.807, 2.05) is 0 Å². The van der Waals surface area contributed by atoms with E-state index in [0.29, 0.717) is 10.9 Å². The number of hydrogen-bond donors (Lipinski definition) is 0. The van der Waals surface area contributed by atoms with Gasteiger partial charge in [0.2, 0.25) is 0 Å². The average molecular weight is 217 g/mol. The van der Waals surface area contributed by atoms with E-state index in [4.69, 9.17) is 0 Å². The number of aromatic nitrogens is 3. The molecule has 2 rings (SSSR count). The molecule has 0 aliphatic heterocycles. The Bertz CT molecular complexity index is 593. The fourth-order valence-electron chi connectivity index (χ4n) is 1.69. The number of nitrogens with zero attached hydrogens (tertiary/aromatic N) is 3. The van der Waals surface area contributed by atoms with Gasteiger partial charge >= 0.3 is 0 Å². The second-order valence-electron chi connectivity index (χ2n) is 4.93. The molecular formula is C12H15N3O. The highest BCUT2D eigenvalue weighted by Crippen LogP contribution is 2.24. The van der Waals surface area contributed by atoms with Crippen LogP contribution in [-0.4, -0.2) is 14.8 Å². The second kappa shape index (κ2) is 3.40. The van der Waals surface area contributed by atoms with E-state index >= 15 is 0 Å². The van der Waals surface area contributed by atoms with Crippen molar-refractivity contribution in [3.05, 3.63) is 34.4 Å². The van der Waals surface area contributed by atoms with E-state index in [-0.39, 0.29) is 11.0 Å². The van der Waals surface area contributed by atoms with E-state index in [9.17, 15) is 4.79 Å². The van der Waals surface area contributed by atoms with E-state index < -0.39 is 0 Å². The lowest BCUT2D eigenvalue weighted by Gasteiger charge is -2.19. The predicted molar refractivity (Wildman–Crippen MR) is 63.5 cm³/mol. The van der Waals surface area contributed by atoms with Gasteiger partial charge in [0.15, 0.2) is 0 Å². The summed E-state index contributed by atoms with van der Waals surface area (Å²) in [6, 6.07) is 3.57. The number of hydrogen-bond acceptors (Lipinski definition) is 3. The van der Waals surface area contributed by atoms with Gasteiger partial charge in [0.05, 0.1) is 16.6 Å². The summed E-state index contributed by atoms with van der Waals surface area (Å²) in [5.74, 6) is 0. The monoisotopic (exact) mass is 217 g/mol. The van der Waals surface area contributed by atoms with Crippen molar-refractivity contribution >= 4 is 10.9 Å². The van der Waals surface area contributed by atoms with Gasteiger partial charge in [-0.1, -0.05) is 20.8 Å². The van der Waals surface area contributed by atoms with Crippen LogP contribution in [0.1, 0.15) is 26.5 Å². The van der Waals surface area contributed by atoms with Crippen molar-refractivity contribution < 1.29 is 0 Å². The third-order valence-corrected chi connectivity index (χ3v) is 2.52. The van der Waals surface area contributed by atoms with E-state index in [1.165, 1.54) is 4.68 Å². The third kappa shape index (κ3) is 1.60. The minimum Gasteiger partial charge on any atom is -0.267 e. The van der Waals surface area contributed by atoms with Gasteiger partial charge in [-0.15, -0.1) is 0 Å². The van der Waals surface area contributed by atoms with Gasteiger partial charge in [-0.2, -0.15) is 5.10 Å². The van der Waals surface area contributed by atoms with Gasteiger partial charge in [-0.25, -0.2) is 4.68 Å². The largest absolute Gasteiger partial charge is 0.275 e. The molecule has 0 amide bonds. The summed E-state index contributed by atoms with van der Waals surface area (Å²) in [6.45, 7) is 6.19. The quantitative estimate of drug-likeness (QED) is 0.673. The maximum atomic E-state index is 11.9. The molecule has 0 fully saturated rings. The van der Waals surface area contributed by atoms with Crippen LogP contribution in [0.25, 0.3) is 10.9 Å². The molecule has 2 heterocycles. The SMILES string of the molecule is Cn1nc(C(C)(C)C)c2ncccc2c1=O. The molecule has 0 unspecified atom stereocenters. The van der Waals surface area contributed by atoms with Crippen molar-refractivity contribution in [3.63, 3.8) is 0 Å². The number of pyridine rings is 1. The second-order valence-corrected chi connectivity index (χ2v) is 4.93. The highest BCUT2D eigenvalue weighted by Gasteiger charge is 2.21. The van der Waals surface area contributed by atoms with E-state index in [2.05, 4.69) is 30.9 Å². The van der Waals surface area contributed by atoms with Gasteiger partial charge in [0.25, 0.3) is 5.56 Å². The Morgan fingerprint density at radius 2 is 2.00 bits per heavy atom.